The van der Waals surface area contributed by atoms with Crippen LogP contribution >= 0.6 is 0 Å². The second kappa shape index (κ2) is 69.9. The Hall–Kier alpha value is -5.88. The van der Waals surface area contributed by atoms with Crippen molar-refractivity contribution < 1.29 is 129 Å². The monoisotopic (exact) mass is 1910 g/mol. The van der Waals surface area contributed by atoms with Crippen LogP contribution < -0.4 is 9.47 Å². The van der Waals surface area contributed by atoms with Crippen molar-refractivity contribution >= 4 is 48.4 Å². The fraction of sp³-hybridized carbons (Fsp3) is 0.815. The van der Waals surface area contributed by atoms with Gasteiger partial charge in [-0.15, -0.1) is 0 Å². The summed E-state index contributed by atoms with van der Waals surface area (Å²) in [5.74, 6) is -1.65. The Bertz CT molecular complexity index is 3250. The van der Waals surface area contributed by atoms with Crippen LogP contribution in [0, 0.1) is 54.1 Å². The van der Waals surface area contributed by atoms with Gasteiger partial charge >= 0.3 is 35.8 Å². The number of carboxylic acids is 2. The number of aliphatic hydroxyl groups excluding tert-OH is 12. The molecular formula is C108H194O26. The van der Waals surface area contributed by atoms with Crippen LogP contribution in [0.3, 0.4) is 0 Å². The van der Waals surface area contributed by atoms with Crippen LogP contribution in [0.1, 0.15) is 421 Å². The van der Waals surface area contributed by atoms with E-state index in [9.17, 15) is 89.4 Å². The Kier molecular flexibility index (Phi) is 69.0. The van der Waals surface area contributed by atoms with E-state index >= 15 is 0 Å². The van der Waals surface area contributed by atoms with Gasteiger partial charge in [-0.05, 0) is 324 Å². The second-order valence-corrected chi connectivity index (χ2v) is 45.9. The number of carbonyl (C=O) groups excluding carboxylic acids is 6. The lowest BCUT2D eigenvalue weighted by atomic mass is 9.82. The van der Waals surface area contributed by atoms with E-state index in [1.807, 2.05) is 147 Å². The molecule has 2 aromatic carbocycles. The average molecular weight is 1910 g/mol. The number of aliphatic carboxylic acids is 2. The zero-order valence-corrected chi connectivity index (χ0v) is 87.4. The number of ether oxygens (including phenoxy) is 4. The van der Waals surface area contributed by atoms with Gasteiger partial charge in [0.2, 0.25) is 0 Å². The van der Waals surface area contributed by atoms with Crippen molar-refractivity contribution in [3.63, 3.8) is 0 Å². The van der Waals surface area contributed by atoms with Crippen LogP contribution in [0.25, 0.3) is 0 Å². The van der Waals surface area contributed by atoms with Crippen molar-refractivity contribution in [2.45, 2.75) is 482 Å². The molecule has 26 nitrogen and oxygen atoms in total. The highest BCUT2D eigenvalue weighted by atomic mass is 16.5. The fourth-order valence-corrected chi connectivity index (χ4v) is 15.5. The average Bonchev–Trinajstić information content (AvgIpc) is 0.861. The number of benzene rings is 2. The van der Waals surface area contributed by atoms with Crippen LogP contribution in [0.4, 0.5) is 0 Å². The van der Waals surface area contributed by atoms with Crippen LogP contribution in [0.2, 0.25) is 0 Å². The molecule has 0 spiro atoms. The summed E-state index contributed by atoms with van der Waals surface area (Å²) in [6.07, 6.45) is 25.4. The van der Waals surface area contributed by atoms with Gasteiger partial charge in [0.25, 0.3) is 0 Å². The lowest BCUT2D eigenvalue weighted by Crippen LogP contribution is -2.30. The minimum atomic E-state index is -0.826. The number of esters is 4. The molecule has 0 radical (unpaired) electrons. The normalized spacial score (nSPS) is 14.7. The van der Waals surface area contributed by atoms with Gasteiger partial charge in [0.1, 0.15) is 24.1 Å². The molecule has 782 valence electrons. The van der Waals surface area contributed by atoms with Gasteiger partial charge in [0.15, 0.2) is 0 Å². The number of aliphatic hydroxyl groups is 12. The smallest absolute Gasteiger partial charge is 0.316 e. The van der Waals surface area contributed by atoms with Gasteiger partial charge in [-0.25, -0.2) is 0 Å². The zero-order valence-electron chi connectivity index (χ0n) is 87.4. The predicted octanol–water partition coefficient (Wildman–Crippen LogP) is 20.1. The van der Waals surface area contributed by atoms with E-state index in [2.05, 4.69) is 27.7 Å². The second-order valence-electron chi connectivity index (χ2n) is 45.9. The molecule has 0 fully saturated rings. The van der Waals surface area contributed by atoms with Gasteiger partial charge < -0.3 is 100 Å². The van der Waals surface area contributed by atoms with E-state index < -0.39 is 54.0 Å². The third kappa shape index (κ3) is 78.0. The number of para-hydroxylation sites is 2. The third-order valence-electron chi connectivity index (χ3n) is 25.8. The van der Waals surface area contributed by atoms with Crippen molar-refractivity contribution in [2.24, 2.45) is 54.1 Å². The molecule has 26 heteroatoms. The Labute approximate surface area is 808 Å². The highest BCUT2D eigenvalue weighted by molar-refractivity contribution is 5.78. The summed E-state index contributed by atoms with van der Waals surface area (Å²) in [6.45, 7) is 40.2. The standard InChI is InChI=1S/C30H42O6.C21H40O6.C19H36O6.C19H40O4.C19H36O4/c1-29(2,22-27(33)35-25-14-7-5-8-15-25)20-18-23(31)12-11-13-24(32)19-21-30(3,4)28(34)36-26-16-9-6-10-17-26;1-20(2,14-18(24)26-5)12-10-16(22)8-7-9-17(23)11-13-21(3,4)15-19(25)27-6;1-18(2,12-16(22)23)10-8-14(20)6-5-7-15(21)9-11-19(3,4)13-17(24)25;2*1-18(2,12-14-20)10-8-16(22)6-5-7-17(23)9-11-19(3,4)13-15-21/h5-10,14-17,23-24,31-32H,11-13,18-22H2,1-4H3;16-17,22-23H,7-15H2,1-6H3;14-15,20-21H,5-13H2,1-4H3,(H,22,23)(H,24,25);16-17,20-23H,5-15H2,1-4H3;14-17,22-23H,5-13H2,1-4H3. The molecule has 0 saturated carbocycles. The Balaban J connectivity index is -0.00000162. The Morgan fingerprint density at radius 3 is 0.687 bits per heavy atom. The highest BCUT2D eigenvalue weighted by Gasteiger charge is 2.34. The van der Waals surface area contributed by atoms with Gasteiger partial charge in [-0.3, -0.25) is 28.8 Å². The molecule has 0 heterocycles. The SMILES string of the molecule is CC(C)(CC=O)CCC(O)CCCC(O)CCC(C)(C)CC=O.CC(C)(CCC(O)CCCC(O)CCC(C)(C)C(=O)Oc1ccccc1)CC(=O)Oc1ccccc1.CC(C)(CCC(O)CCCC(O)CCC(C)(C)CC(=O)O)CC(=O)O.CC(C)(CCO)CCC(O)CCCC(O)CCC(C)(C)CCO.COC(=O)CC(C)(C)CCC(O)CCCC(O)CCC(C)(C)CC(=O)OC. The number of aldehydes is 2. The number of carboxylic acid groups (broad SMARTS) is 2. The van der Waals surface area contributed by atoms with E-state index in [4.69, 9.17) is 39.4 Å². The quantitative estimate of drug-likeness (QED) is 0.0166. The number of hydrogen-bond acceptors (Lipinski definition) is 24. The highest BCUT2D eigenvalue weighted by Crippen LogP contribution is 2.38. The Morgan fingerprint density at radius 1 is 0.269 bits per heavy atom. The largest absolute Gasteiger partial charge is 0.481 e. The molecule has 2 aromatic rings. The molecule has 134 heavy (non-hydrogen) atoms. The molecule has 14 N–H and O–H groups in total. The molecule has 0 saturated heterocycles. The van der Waals surface area contributed by atoms with Gasteiger partial charge in [-0.2, -0.15) is 0 Å². The minimum absolute atomic E-state index is 0.0492. The summed E-state index contributed by atoms with van der Waals surface area (Å²) in [5, 5.41) is 137. The number of carbonyl (C=O) groups is 8. The fourth-order valence-electron chi connectivity index (χ4n) is 15.5. The summed E-state index contributed by atoms with van der Waals surface area (Å²) < 4.78 is 20.2. The maximum absolute atomic E-state index is 12.5. The van der Waals surface area contributed by atoms with Gasteiger partial charge in [0.05, 0.1) is 113 Å². The molecule has 2 rings (SSSR count). The lowest BCUT2D eigenvalue weighted by molar-refractivity contribution is -0.145. The first-order valence-corrected chi connectivity index (χ1v) is 49.9. The van der Waals surface area contributed by atoms with E-state index in [1.54, 1.807) is 24.3 Å². The molecule has 10 unspecified atom stereocenters. The van der Waals surface area contributed by atoms with Crippen LogP contribution in [-0.2, 0) is 47.8 Å². The molecule has 0 aliphatic rings. The van der Waals surface area contributed by atoms with Crippen LogP contribution in [0.5, 0.6) is 11.5 Å². The van der Waals surface area contributed by atoms with Gasteiger partial charge in [0, 0.05) is 26.1 Å². The maximum Gasteiger partial charge on any atom is 0.316 e. The summed E-state index contributed by atoms with van der Waals surface area (Å²) >= 11 is 0. The maximum atomic E-state index is 12.5. The van der Waals surface area contributed by atoms with Crippen LogP contribution in [-0.4, -0.2) is 208 Å². The molecule has 0 aliphatic carbocycles. The summed E-state index contributed by atoms with van der Waals surface area (Å²) in [7, 11) is 2.77. The molecule has 10 atom stereocenters. The van der Waals surface area contributed by atoms with Crippen molar-refractivity contribution in [1.82, 2.24) is 0 Å². The third-order valence-corrected chi connectivity index (χ3v) is 25.8. The van der Waals surface area contributed by atoms with Crippen molar-refractivity contribution in [2.75, 3.05) is 27.4 Å². The molecular weight excluding hydrogens is 1710 g/mol. The molecule has 0 aromatic heterocycles. The van der Waals surface area contributed by atoms with E-state index in [1.165, 1.54) is 14.2 Å². The minimum Gasteiger partial charge on any atom is -0.481 e. The number of hydrogen-bond donors (Lipinski definition) is 14. The van der Waals surface area contributed by atoms with E-state index in [0.717, 1.165) is 109 Å². The summed E-state index contributed by atoms with van der Waals surface area (Å²) in [5.41, 5.74) is -1.99. The van der Waals surface area contributed by atoms with E-state index in [0.29, 0.717) is 178 Å². The molecule has 0 bridgehead atoms. The summed E-state index contributed by atoms with van der Waals surface area (Å²) in [4.78, 5) is 90.2. The van der Waals surface area contributed by atoms with E-state index in [-0.39, 0.29) is 130 Å². The van der Waals surface area contributed by atoms with Crippen molar-refractivity contribution in [3.05, 3.63) is 60.7 Å². The lowest BCUT2D eigenvalue weighted by Gasteiger charge is -2.25. The molecule has 0 aliphatic heterocycles. The summed E-state index contributed by atoms with van der Waals surface area (Å²) in [6, 6.07) is 18.0. The van der Waals surface area contributed by atoms with Crippen molar-refractivity contribution in [1.29, 1.82) is 0 Å². The first-order chi connectivity index (χ1) is 61.9. The first kappa shape index (κ1) is 132. The van der Waals surface area contributed by atoms with Crippen molar-refractivity contribution in [3.8, 4) is 11.5 Å². The topological polar surface area (TPSA) is 457 Å². The first-order valence-electron chi connectivity index (χ1n) is 49.9. The number of methoxy groups -OCH3 is 2. The molecule has 0 amide bonds. The predicted molar refractivity (Wildman–Crippen MR) is 531 cm³/mol. The zero-order chi connectivity index (χ0) is 103. The van der Waals surface area contributed by atoms with Crippen LogP contribution in [0.15, 0.2) is 60.7 Å². The Morgan fingerprint density at radius 2 is 0.470 bits per heavy atom. The van der Waals surface area contributed by atoms with Gasteiger partial charge in [-0.1, -0.05) is 161 Å². The number of rotatable bonds is 71.